The molecule has 0 aromatic heterocycles. The summed E-state index contributed by atoms with van der Waals surface area (Å²) in [6.07, 6.45) is 0. The average molecular weight is 466 g/mol. The Morgan fingerprint density at radius 3 is 2.45 bits per heavy atom. The number of ether oxygens (including phenoxy) is 2. The summed E-state index contributed by atoms with van der Waals surface area (Å²) in [5.74, 6) is 0.390. The summed E-state index contributed by atoms with van der Waals surface area (Å²) in [6, 6.07) is 9.45. The van der Waals surface area contributed by atoms with E-state index in [1.165, 1.54) is 16.4 Å². The Labute approximate surface area is 184 Å². The quantitative estimate of drug-likeness (QED) is 0.738. The monoisotopic (exact) mass is 465 g/mol. The van der Waals surface area contributed by atoms with Gasteiger partial charge in [-0.2, -0.15) is 4.31 Å². The fraction of sp³-hybridized carbons (Fsp3) is 0.300. The number of sulfonamides is 1. The summed E-state index contributed by atoms with van der Waals surface area (Å²) in [7, 11) is -2.36. The number of hydrogen-bond donors (Lipinski definition) is 1. The molecule has 2 aliphatic heterocycles. The van der Waals surface area contributed by atoms with Gasteiger partial charge in [0, 0.05) is 37.8 Å². The number of carbonyl (C=O) groups is 2. The first-order valence-electron chi connectivity index (χ1n) is 9.49. The van der Waals surface area contributed by atoms with Crippen LogP contribution in [0.25, 0.3) is 0 Å². The van der Waals surface area contributed by atoms with Crippen LogP contribution in [0.5, 0.6) is 11.5 Å². The smallest absolute Gasteiger partial charge is 0.262 e. The van der Waals surface area contributed by atoms with Crippen molar-refractivity contribution < 1.29 is 27.5 Å². The minimum atomic E-state index is -3.91. The Bertz CT molecular complexity index is 1130. The third kappa shape index (κ3) is 4.18. The Balaban J connectivity index is 1.48. The van der Waals surface area contributed by atoms with Gasteiger partial charge < -0.3 is 19.7 Å². The molecule has 9 nitrogen and oxygen atoms in total. The van der Waals surface area contributed by atoms with Crippen molar-refractivity contribution in [1.29, 1.82) is 0 Å². The number of anilines is 1. The Morgan fingerprint density at radius 1 is 1.13 bits per heavy atom. The highest BCUT2D eigenvalue weighted by atomic mass is 35.5. The number of nitrogens with zero attached hydrogens (tertiary/aromatic N) is 2. The van der Waals surface area contributed by atoms with Gasteiger partial charge in [0.1, 0.15) is 16.4 Å². The second kappa shape index (κ2) is 8.37. The number of halogens is 1. The molecule has 11 heteroatoms. The third-order valence-corrected chi connectivity index (χ3v) is 7.51. The highest BCUT2D eigenvalue weighted by Gasteiger charge is 2.33. The lowest BCUT2D eigenvalue weighted by atomic mass is 10.2. The maximum absolute atomic E-state index is 13.2. The van der Waals surface area contributed by atoms with E-state index in [0.29, 0.717) is 17.0 Å². The predicted octanol–water partition coefficient (Wildman–Crippen LogP) is 1.83. The van der Waals surface area contributed by atoms with Crippen molar-refractivity contribution in [3.05, 3.63) is 47.0 Å². The molecule has 2 aliphatic rings. The van der Waals surface area contributed by atoms with Crippen molar-refractivity contribution in [3.63, 3.8) is 0 Å². The molecule has 1 N–H and O–H groups in total. The van der Waals surface area contributed by atoms with Gasteiger partial charge in [-0.15, -0.1) is 0 Å². The van der Waals surface area contributed by atoms with Gasteiger partial charge in [-0.25, -0.2) is 8.42 Å². The molecule has 0 radical (unpaired) electrons. The second-order valence-electron chi connectivity index (χ2n) is 7.04. The van der Waals surface area contributed by atoms with Gasteiger partial charge in [-0.3, -0.25) is 9.59 Å². The summed E-state index contributed by atoms with van der Waals surface area (Å²) in [5, 5.41) is 2.58. The van der Waals surface area contributed by atoms with Crippen molar-refractivity contribution in [2.24, 2.45) is 0 Å². The Hall–Kier alpha value is -2.82. The van der Waals surface area contributed by atoms with Gasteiger partial charge >= 0.3 is 0 Å². The molecule has 0 bridgehead atoms. The van der Waals surface area contributed by atoms with Crippen LogP contribution in [-0.4, -0.2) is 69.3 Å². The predicted molar refractivity (Wildman–Crippen MR) is 113 cm³/mol. The molecule has 0 aliphatic carbocycles. The third-order valence-electron chi connectivity index (χ3n) is 5.15. The first kappa shape index (κ1) is 21.4. The maximum Gasteiger partial charge on any atom is 0.262 e. The molecule has 1 fully saturated rings. The number of nitrogens with one attached hydrogen (secondary N) is 1. The zero-order chi connectivity index (χ0) is 22.2. The van der Waals surface area contributed by atoms with E-state index in [1.54, 1.807) is 36.3 Å². The van der Waals surface area contributed by atoms with Gasteiger partial charge in [0.2, 0.25) is 10.0 Å². The summed E-state index contributed by atoms with van der Waals surface area (Å²) >= 11 is 6.21. The normalized spacial score (nSPS) is 16.8. The van der Waals surface area contributed by atoms with Gasteiger partial charge in [-0.05, 0) is 30.3 Å². The van der Waals surface area contributed by atoms with Crippen molar-refractivity contribution in [1.82, 2.24) is 9.21 Å². The SMILES string of the molecule is COc1ccc(C(=O)N2CCN(S(=O)(=O)c3cc4c(cc3Cl)NC(=O)CO4)CC2)cc1. The molecule has 0 saturated carbocycles. The van der Waals surface area contributed by atoms with E-state index in [2.05, 4.69) is 5.32 Å². The van der Waals surface area contributed by atoms with Crippen molar-refractivity contribution in [2.45, 2.75) is 4.90 Å². The number of amides is 2. The van der Waals surface area contributed by atoms with Crippen molar-refractivity contribution in [2.75, 3.05) is 45.2 Å². The van der Waals surface area contributed by atoms with Crippen LogP contribution in [0.15, 0.2) is 41.3 Å². The summed E-state index contributed by atoms with van der Waals surface area (Å²) in [6.45, 7) is 0.573. The molecule has 2 aromatic rings. The molecule has 4 rings (SSSR count). The zero-order valence-electron chi connectivity index (χ0n) is 16.6. The molecular formula is C20H20ClN3O6S. The van der Waals surface area contributed by atoms with E-state index < -0.39 is 10.0 Å². The number of rotatable bonds is 4. The lowest BCUT2D eigenvalue weighted by Crippen LogP contribution is -2.50. The molecule has 31 heavy (non-hydrogen) atoms. The first-order valence-corrected chi connectivity index (χ1v) is 11.3. The number of benzene rings is 2. The summed E-state index contributed by atoms with van der Waals surface area (Å²) < 4.78 is 38.0. The second-order valence-corrected chi connectivity index (χ2v) is 9.35. The van der Waals surface area contributed by atoms with Crippen LogP contribution in [0.3, 0.4) is 0 Å². The van der Waals surface area contributed by atoms with Crippen molar-refractivity contribution >= 4 is 39.1 Å². The van der Waals surface area contributed by atoms with Crippen LogP contribution in [-0.2, 0) is 14.8 Å². The molecule has 0 unspecified atom stereocenters. The maximum atomic E-state index is 13.2. The van der Waals surface area contributed by atoms with Crippen LogP contribution in [0, 0.1) is 0 Å². The van der Waals surface area contributed by atoms with Crippen LogP contribution in [0.1, 0.15) is 10.4 Å². The molecule has 0 atom stereocenters. The summed E-state index contributed by atoms with van der Waals surface area (Å²) in [5.41, 5.74) is 0.837. The van der Waals surface area contributed by atoms with E-state index >= 15 is 0 Å². The number of fused-ring (bicyclic) bond motifs is 1. The van der Waals surface area contributed by atoms with Crippen LogP contribution >= 0.6 is 11.6 Å². The van der Waals surface area contributed by atoms with E-state index in [1.807, 2.05) is 0 Å². The van der Waals surface area contributed by atoms with E-state index in [4.69, 9.17) is 21.1 Å². The topological polar surface area (TPSA) is 105 Å². The van der Waals surface area contributed by atoms with Gasteiger partial charge in [-0.1, -0.05) is 11.6 Å². The van der Waals surface area contributed by atoms with Crippen molar-refractivity contribution in [3.8, 4) is 11.5 Å². The van der Waals surface area contributed by atoms with E-state index in [9.17, 15) is 18.0 Å². The van der Waals surface area contributed by atoms with Gasteiger partial charge in [0.25, 0.3) is 11.8 Å². The standard InChI is InChI=1S/C20H20ClN3O6S/c1-29-14-4-2-13(3-5-14)20(26)23-6-8-24(9-7-23)31(27,28)18-11-17-16(10-15(18)21)22-19(25)12-30-17/h2-5,10-11H,6-9,12H2,1H3,(H,22,25). The Morgan fingerprint density at radius 2 is 1.81 bits per heavy atom. The molecule has 164 valence electrons. The van der Waals surface area contributed by atoms with E-state index in [-0.39, 0.29) is 60.3 Å². The lowest BCUT2D eigenvalue weighted by Gasteiger charge is -2.34. The largest absolute Gasteiger partial charge is 0.497 e. The highest BCUT2D eigenvalue weighted by molar-refractivity contribution is 7.89. The fourth-order valence-corrected chi connectivity index (χ4v) is 5.41. The minimum Gasteiger partial charge on any atom is -0.497 e. The van der Waals surface area contributed by atoms with Crippen LogP contribution in [0.2, 0.25) is 5.02 Å². The highest BCUT2D eigenvalue weighted by Crippen LogP contribution is 2.37. The molecule has 2 aromatic carbocycles. The molecule has 2 heterocycles. The fourth-order valence-electron chi connectivity index (χ4n) is 3.47. The number of piperazine rings is 1. The summed E-state index contributed by atoms with van der Waals surface area (Å²) in [4.78, 5) is 25.7. The molecule has 0 spiro atoms. The zero-order valence-corrected chi connectivity index (χ0v) is 18.2. The molecular weight excluding hydrogens is 446 g/mol. The molecule has 1 saturated heterocycles. The van der Waals surface area contributed by atoms with Crippen LogP contribution < -0.4 is 14.8 Å². The lowest BCUT2D eigenvalue weighted by molar-refractivity contribution is -0.118. The number of methoxy groups -OCH3 is 1. The molecule has 2 amide bonds. The van der Waals surface area contributed by atoms with E-state index in [0.717, 1.165) is 0 Å². The average Bonchev–Trinajstić information content (AvgIpc) is 2.78. The van der Waals surface area contributed by atoms with Gasteiger partial charge in [0.15, 0.2) is 6.61 Å². The minimum absolute atomic E-state index is 0.0127. The number of carbonyl (C=O) groups excluding carboxylic acids is 2. The first-order chi connectivity index (χ1) is 14.8. The Kier molecular flexibility index (Phi) is 5.78. The van der Waals surface area contributed by atoms with Gasteiger partial charge in [0.05, 0.1) is 17.8 Å². The van der Waals surface area contributed by atoms with Crippen LogP contribution in [0.4, 0.5) is 5.69 Å². The number of hydrogen-bond acceptors (Lipinski definition) is 6.